The second-order valence-electron chi connectivity index (χ2n) is 6.11. The number of carbonyl (C=O) groups excluding carboxylic acids is 1. The highest BCUT2D eigenvalue weighted by Crippen LogP contribution is 2.16. The lowest BCUT2D eigenvalue weighted by Gasteiger charge is -2.39. The molecule has 1 N–H and O–H groups in total. The van der Waals surface area contributed by atoms with Crippen LogP contribution in [0.15, 0.2) is 30.3 Å². The van der Waals surface area contributed by atoms with Crippen LogP contribution in [0.25, 0.3) is 0 Å². The van der Waals surface area contributed by atoms with E-state index in [0.717, 1.165) is 52.4 Å². The van der Waals surface area contributed by atoms with Crippen LogP contribution < -0.4 is 10.2 Å². The summed E-state index contributed by atoms with van der Waals surface area (Å²) in [6, 6.07) is 10.5. The largest absolute Gasteiger partial charge is 0.368 e. The summed E-state index contributed by atoms with van der Waals surface area (Å²) in [5.41, 5.74) is 1.25. The van der Waals surface area contributed by atoms with Gasteiger partial charge in [0, 0.05) is 58.0 Å². The Balaban J connectivity index is 0.00000192. The third-order valence-corrected chi connectivity index (χ3v) is 4.77. The van der Waals surface area contributed by atoms with Crippen molar-refractivity contribution in [1.29, 1.82) is 0 Å². The van der Waals surface area contributed by atoms with Gasteiger partial charge in [-0.15, -0.1) is 37.2 Å². The van der Waals surface area contributed by atoms with Crippen LogP contribution in [0.2, 0.25) is 0 Å². The molecule has 0 aliphatic carbocycles. The Morgan fingerprint density at radius 2 is 1.48 bits per heavy atom. The van der Waals surface area contributed by atoms with E-state index in [1.54, 1.807) is 0 Å². The Hall–Kier alpha value is -0.720. The Morgan fingerprint density at radius 1 is 0.920 bits per heavy atom. The summed E-state index contributed by atoms with van der Waals surface area (Å²) in [6.07, 6.45) is 0. The Bertz CT molecular complexity index is 492. The summed E-state index contributed by atoms with van der Waals surface area (Å²) in [6.45, 7) is 9.45. The average molecular weight is 412 g/mol. The summed E-state index contributed by atoms with van der Waals surface area (Å²) >= 11 is 0. The number of piperazine rings is 2. The molecule has 8 heteroatoms. The number of halogens is 3. The standard InChI is InChI=1S/C17H26N4O.3ClH/c1-15(19-9-7-18-8-10-19)17(22)21-13-11-20(12-14-21)16-5-3-2-4-6-16;;;/h2-6,15,18H,7-14H2,1H3;3*1H. The smallest absolute Gasteiger partial charge is 0.239 e. The Kier molecular flexibility index (Phi) is 11.5. The van der Waals surface area contributed by atoms with Crippen LogP contribution >= 0.6 is 37.2 Å². The first-order chi connectivity index (χ1) is 10.8. The number of carbonyl (C=O) groups is 1. The van der Waals surface area contributed by atoms with Crippen LogP contribution in [-0.4, -0.2) is 74.1 Å². The number of para-hydroxylation sites is 1. The topological polar surface area (TPSA) is 38.8 Å². The summed E-state index contributed by atoms with van der Waals surface area (Å²) in [5.74, 6) is 0.287. The minimum absolute atomic E-state index is 0. The van der Waals surface area contributed by atoms with Crippen LogP contribution in [0.1, 0.15) is 6.92 Å². The molecule has 2 saturated heterocycles. The lowest BCUT2D eigenvalue weighted by molar-refractivity contribution is -0.137. The predicted octanol–water partition coefficient (Wildman–Crippen LogP) is 1.89. The molecule has 1 atom stereocenters. The molecule has 25 heavy (non-hydrogen) atoms. The molecule has 5 nitrogen and oxygen atoms in total. The molecular weight excluding hydrogens is 383 g/mol. The number of anilines is 1. The molecule has 3 rings (SSSR count). The second kappa shape index (κ2) is 11.8. The van der Waals surface area contributed by atoms with Crippen molar-refractivity contribution in [3.63, 3.8) is 0 Å². The molecule has 2 fully saturated rings. The van der Waals surface area contributed by atoms with Crippen molar-refractivity contribution in [2.24, 2.45) is 0 Å². The van der Waals surface area contributed by atoms with Crippen molar-refractivity contribution in [3.05, 3.63) is 30.3 Å². The SMILES string of the molecule is CC(C(=O)N1CCN(c2ccccc2)CC1)N1CCNCC1.Cl.Cl.Cl. The van der Waals surface area contributed by atoms with E-state index >= 15 is 0 Å². The van der Waals surface area contributed by atoms with Crippen molar-refractivity contribution in [2.75, 3.05) is 57.3 Å². The van der Waals surface area contributed by atoms with Gasteiger partial charge >= 0.3 is 0 Å². The van der Waals surface area contributed by atoms with Crippen LogP contribution in [-0.2, 0) is 4.79 Å². The van der Waals surface area contributed by atoms with E-state index in [-0.39, 0.29) is 49.2 Å². The molecule has 2 heterocycles. The van der Waals surface area contributed by atoms with Crippen LogP contribution in [0.3, 0.4) is 0 Å². The van der Waals surface area contributed by atoms with Crippen molar-refractivity contribution in [2.45, 2.75) is 13.0 Å². The van der Waals surface area contributed by atoms with Gasteiger partial charge in [0.15, 0.2) is 0 Å². The maximum absolute atomic E-state index is 12.7. The summed E-state index contributed by atoms with van der Waals surface area (Å²) < 4.78 is 0. The van der Waals surface area contributed by atoms with Gasteiger partial charge in [-0.25, -0.2) is 0 Å². The van der Waals surface area contributed by atoms with E-state index in [4.69, 9.17) is 0 Å². The molecule has 0 spiro atoms. The van der Waals surface area contributed by atoms with Gasteiger partial charge in [-0.3, -0.25) is 9.69 Å². The quantitative estimate of drug-likeness (QED) is 0.824. The predicted molar refractivity (Wildman–Crippen MR) is 111 cm³/mol. The monoisotopic (exact) mass is 410 g/mol. The second-order valence-corrected chi connectivity index (χ2v) is 6.11. The zero-order valence-corrected chi connectivity index (χ0v) is 17.0. The van der Waals surface area contributed by atoms with E-state index in [2.05, 4.69) is 46.3 Å². The molecule has 1 aromatic carbocycles. The lowest BCUT2D eigenvalue weighted by Crippen LogP contribution is -2.57. The fraction of sp³-hybridized carbons (Fsp3) is 0.588. The summed E-state index contributed by atoms with van der Waals surface area (Å²) in [4.78, 5) is 19.4. The van der Waals surface area contributed by atoms with Crippen LogP contribution in [0, 0.1) is 0 Å². The fourth-order valence-corrected chi connectivity index (χ4v) is 3.31. The lowest BCUT2D eigenvalue weighted by atomic mass is 10.2. The molecule has 0 bridgehead atoms. The molecule has 0 aromatic heterocycles. The van der Waals surface area contributed by atoms with Gasteiger partial charge in [0.1, 0.15) is 0 Å². The van der Waals surface area contributed by atoms with Gasteiger partial charge in [0.2, 0.25) is 5.91 Å². The minimum atomic E-state index is 0. The van der Waals surface area contributed by atoms with Crippen LogP contribution in [0.4, 0.5) is 5.69 Å². The van der Waals surface area contributed by atoms with Gasteiger partial charge < -0.3 is 15.1 Å². The summed E-state index contributed by atoms with van der Waals surface area (Å²) in [5, 5.41) is 3.34. The van der Waals surface area contributed by atoms with Gasteiger partial charge in [0.05, 0.1) is 6.04 Å². The maximum atomic E-state index is 12.7. The van der Waals surface area contributed by atoms with Crippen LogP contribution in [0.5, 0.6) is 0 Å². The zero-order chi connectivity index (χ0) is 15.4. The first-order valence-corrected chi connectivity index (χ1v) is 8.29. The molecule has 1 aromatic rings. The van der Waals surface area contributed by atoms with Gasteiger partial charge in [-0.2, -0.15) is 0 Å². The van der Waals surface area contributed by atoms with Crippen molar-refractivity contribution < 1.29 is 4.79 Å². The molecule has 2 aliphatic heterocycles. The minimum Gasteiger partial charge on any atom is -0.368 e. The normalized spacial score (nSPS) is 19.1. The van der Waals surface area contributed by atoms with E-state index < -0.39 is 0 Å². The van der Waals surface area contributed by atoms with E-state index in [0.29, 0.717) is 0 Å². The number of hydrogen-bond donors (Lipinski definition) is 1. The first-order valence-electron chi connectivity index (χ1n) is 8.29. The number of hydrogen-bond acceptors (Lipinski definition) is 4. The number of amides is 1. The van der Waals surface area contributed by atoms with E-state index in [9.17, 15) is 4.79 Å². The number of benzene rings is 1. The third-order valence-electron chi connectivity index (χ3n) is 4.77. The number of nitrogens with zero attached hydrogens (tertiary/aromatic N) is 3. The maximum Gasteiger partial charge on any atom is 0.239 e. The highest BCUT2D eigenvalue weighted by molar-refractivity contribution is 5.86. The number of nitrogens with one attached hydrogen (secondary N) is 1. The highest BCUT2D eigenvalue weighted by Gasteiger charge is 2.29. The van der Waals surface area contributed by atoms with Gasteiger partial charge in [-0.1, -0.05) is 18.2 Å². The molecule has 1 unspecified atom stereocenters. The van der Waals surface area contributed by atoms with Crippen molar-refractivity contribution in [3.8, 4) is 0 Å². The number of rotatable bonds is 3. The van der Waals surface area contributed by atoms with Crippen molar-refractivity contribution in [1.82, 2.24) is 15.1 Å². The van der Waals surface area contributed by atoms with Gasteiger partial charge in [-0.05, 0) is 19.1 Å². The fourth-order valence-electron chi connectivity index (χ4n) is 3.31. The summed E-state index contributed by atoms with van der Waals surface area (Å²) in [7, 11) is 0. The Morgan fingerprint density at radius 3 is 2.04 bits per heavy atom. The van der Waals surface area contributed by atoms with Crippen molar-refractivity contribution >= 4 is 48.8 Å². The molecule has 1 amide bonds. The van der Waals surface area contributed by atoms with Gasteiger partial charge in [0.25, 0.3) is 0 Å². The molecule has 2 aliphatic rings. The van der Waals surface area contributed by atoms with E-state index in [1.807, 2.05) is 11.0 Å². The third kappa shape index (κ3) is 6.19. The molecule has 144 valence electrons. The first kappa shape index (κ1) is 24.3. The molecule has 0 saturated carbocycles. The molecule has 0 radical (unpaired) electrons. The zero-order valence-electron chi connectivity index (χ0n) is 14.6. The average Bonchev–Trinajstić information content (AvgIpc) is 2.62. The Labute approximate surface area is 169 Å². The van der Waals surface area contributed by atoms with E-state index in [1.165, 1.54) is 5.69 Å². The molecular formula is C17H29Cl3N4O. The highest BCUT2D eigenvalue weighted by atomic mass is 35.5.